The van der Waals surface area contributed by atoms with E-state index in [1.807, 2.05) is 6.92 Å². The van der Waals surface area contributed by atoms with Crippen LogP contribution in [-0.4, -0.2) is 26.9 Å². The van der Waals surface area contributed by atoms with Crippen molar-refractivity contribution in [3.63, 3.8) is 0 Å². The predicted octanol–water partition coefficient (Wildman–Crippen LogP) is 4.18. The molecule has 2 aromatic heterocycles. The Morgan fingerprint density at radius 1 is 1.29 bits per heavy atom. The third kappa shape index (κ3) is 3.98. The van der Waals surface area contributed by atoms with Crippen LogP contribution in [0.1, 0.15) is 18.1 Å². The van der Waals surface area contributed by atoms with Crippen molar-refractivity contribution in [2.45, 2.75) is 16.5 Å². The van der Waals surface area contributed by atoms with Gasteiger partial charge in [-0.25, -0.2) is 4.39 Å². The minimum Gasteiger partial charge on any atom is -0.419 e. The fourth-order valence-electron chi connectivity index (χ4n) is 1.80. The average Bonchev–Trinajstić information content (AvgIpc) is 3.23. The van der Waals surface area contributed by atoms with E-state index in [1.54, 1.807) is 18.2 Å². The molecule has 1 aromatic carbocycles. The molecule has 124 valence electrons. The van der Waals surface area contributed by atoms with Gasteiger partial charge in [0.2, 0.25) is 16.9 Å². The predicted molar refractivity (Wildman–Crippen MR) is 92.6 cm³/mol. The van der Waals surface area contributed by atoms with Gasteiger partial charge >= 0.3 is 0 Å². The molecule has 3 aromatic rings. The van der Waals surface area contributed by atoms with E-state index < -0.39 is 0 Å². The average molecular weight is 363 g/mol. The molecule has 0 bridgehead atoms. The number of anilines is 1. The molecular weight excluding hydrogens is 349 g/mol. The second-order valence-corrected chi connectivity index (χ2v) is 7.32. The monoisotopic (exact) mass is 363 g/mol. The number of nitrogens with zero attached hydrogens (tertiary/aromatic N) is 4. The molecule has 0 radical (unpaired) electrons. The van der Waals surface area contributed by atoms with E-state index in [0.29, 0.717) is 23.9 Å². The van der Waals surface area contributed by atoms with E-state index in [0.717, 1.165) is 9.47 Å². The first-order chi connectivity index (χ1) is 11.7. The molecule has 1 N–H and O–H groups in total. The number of benzene rings is 1. The summed E-state index contributed by atoms with van der Waals surface area (Å²) in [6.45, 7) is 6.23. The van der Waals surface area contributed by atoms with Crippen molar-refractivity contribution in [1.82, 2.24) is 20.4 Å². The van der Waals surface area contributed by atoms with Gasteiger partial charge in [0.1, 0.15) is 5.82 Å². The molecule has 0 amide bonds. The molecule has 0 aliphatic carbocycles. The summed E-state index contributed by atoms with van der Waals surface area (Å²) in [6.07, 6.45) is 1.76. The standard InChI is InChI=1S/C15H14FN5OS2/c1-3-8-17-14-20-21-15(24-14)23-9(2)12-18-19-13(22-12)10-4-6-11(16)7-5-10/h3-7,9H,1,8H2,2H3,(H,17,20)/t9-/m0/s1. The molecule has 0 spiro atoms. The largest absolute Gasteiger partial charge is 0.419 e. The van der Waals surface area contributed by atoms with Gasteiger partial charge in [0.05, 0.1) is 5.25 Å². The maximum absolute atomic E-state index is 13.0. The van der Waals surface area contributed by atoms with Gasteiger partial charge in [0.15, 0.2) is 4.34 Å². The molecule has 1 atom stereocenters. The van der Waals surface area contributed by atoms with Crippen molar-refractivity contribution in [1.29, 1.82) is 0 Å². The van der Waals surface area contributed by atoms with Crippen LogP contribution in [0.15, 0.2) is 45.7 Å². The lowest BCUT2D eigenvalue weighted by Crippen LogP contribution is -1.96. The van der Waals surface area contributed by atoms with E-state index in [-0.39, 0.29) is 11.1 Å². The van der Waals surface area contributed by atoms with Gasteiger partial charge < -0.3 is 9.73 Å². The van der Waals surface area contributed by atoms with E-state index >= 15 is 0 Å². The van der Waals surface area contributed by atoms with Gasteiger partial charge in [-0.1, -0.05) is 29.2 Å². The highest BCUT2D eigenvalue weighted by Crippen LogP contribution is 2.37. The van der Waals surface area contributed by atoms with Gasteiger partial charge in [-0.2, -0.15) is 0 Å². The third-order valence-corrected chi connectivity index (χ3v) is 5.01. The highest BCUT2D eigenvalue weighted by atomic mass is 32.2. The van der Waals surface area contributed by atoms with Crippen LogP contribution in [0, 0.1) is 5.82 Å². The van der Waals surface area contributed by atoms with E-state index in [1.165, 1.54) is 35.2 Å². The summed E-state index contributed by atoms with van der Waals surface area (Å²) in [4.78, 5) is 0. The lowest BCUT2D eigenvalue weighted by atomic mass is 10.2. The molecule has 24 heavy (non-hydrogen) atoms. The van der Waals surface area contributed by atoms with Gasteiger partial charge in [-0.15, -0.1) is 27.0 Å². The first-order valence-corrected chi connectivity index (χ1v) is 8.79. The number of halogens is 1. The Morgan fingerprint density at radius 3 is 2.83 bits per heavy atom. The van der Waals surface area contributed by atoms with Crippen LogP contribution in [0.5, 0.6) is 0 Å². The molecule has 9 heteroatoms. The molecule has 0 unspecified atom stereocenters. The summed E-state index contributed by atoms with van der Waals surface area (Å²) < 4.78 is 19.4. The van der Waals surface area contributed by atoms with Crippen LogP contribution in [0.25, 0.3) is 11.5 Å². The number of nitrogens with one attached hydrogen (secondary N) is 1. The molecule has 0 fully saturated rings. The van der Waals surface area contributed by atoms with Gasteiger partial charge in [-0.05, 0) is 31.2 Å². The minimum atomic E-state index is -0.306. The van der Waals surface area contributed by atoms with Crippen molar-refractivity contribution in [3.8, 4) is 11.5 Å². The van der Waals surface area contributed by atoms with Crippen molar-refractivity contribution >= 4 is 28.2 Å². The highest BCUT2D eigenvalue weighted by molar-refractivity contribution is 8.01. The molecule has 2 heterocycles. The van der Waals surface area contributed by atoms with Crippen molar-refractivity contribution < 1.29 is 8.81 Å². The molecule has 0 aliphatic rings. The highest BCUT2D eigenvalue weighted by Gasteiger charge is 2.18. The second-order valence-electron chi connectivity index (χ2n) is 4.76. The Balaban J connectivity index is 1.67. The van der Waals surface area contributed by atoms with Crippen LogP contribution in [0.3, 0.4) is 0 Å². The van der Waals surface area contributed by atoms with Crippen LogP contribution >= 0.6 is 23.1 Å². The first kappa shape index (κ1) is 16.6. The van der Waals surface area contributed by atoms with E-state index in [2.05, 4.69) is 32.3 Å². The third-order valence-electron chi connectivity index (χ3n) is 2.96. The Hall–Kier alpha value is -2.26. The summed E-state index contributed by atoms with van der Waals surface area (Å²) in [5.74, 6) is 0.540. The van der Waals surface area contributed by atoms with Crippen LogP contribution in [0.2, 0.25) is 0 Å². The second kappa shape index (κ2) is 7.54. The van der Waals surface area contributed by atoms with Crippen LogP contribution < -0.4 is 5.32 Å². The van der Waals surface area contributed by atoms with Crippen LogP contribution in [-0.2, 0) is 0 Å². The summed E-state index contributed by atoms with van der Waals surface area (Å²) >= 11 is 2.94. The van der Waals surface area contributed by atoms with Gasteiger partial charge in [0.25, 0.3) is 0 Å². The molecule has 6 nitrogen and oxygen atoms in total. The number of thioether (sulfide) groups is 1. The Morgan fingerprint density at radius 2 is 2.08 bits per heavy atom. The Kier molecular flexibility index (Phi) is 5.21. The summed E-state index contributed by atoms with van der Waals surface area (Å²) in [6, 6.07) is 5.92. The van der Waals surface area contributed by atoms with E-state index in [9.17, 15) is 4.39 Å². The fraction of sp³-hybridized carbons (Fsp3) is 0.200. The first-order valence-electron chi connectivity index (χ1n) is 7.10. The smallest absolute Gasteiger partial charge is 0.247 e. The molecule has 0 saturated heterocycles. The van der Waals surface area contributed by atoms with E-state index in [4.69, 9.17) is 4.42 Å². The molecule has 3 rings (SSSR count). The number of aromatic nitrogens is 4. The number of hydrogen-bond donors (Lipinski definition) is 1. The lowest BCUT2D eigenvalue weighted by Gasteiger charge is -2.02. The minimum absolute atomic E-state index is 0.0769. The van der Waals surface area contributed by atoms with Crippen molar-refractivity contribution in [2.24, 2.45) is 0 Å². The molecule has 0 aliphatic heterocycles. The van der Waals surface area contributed by atoms with Gasteiger partial charge in [-0.3, -0.25) is 0 Å². The van der Waals surface area contributed by atoms with Crippen LogP contribution in [0.4, 0.5) is 9.52 Å². The summed E-state index contributed by atoms with van der Waals surface area (Å²) in [5, 5.41) is 20.0. The zero-order chi connectivity index (χ0) is 16.9. The maximum atomic E-state index is 13.0. The SMILES string of the molecule is C=CCNc1nnc(S[C@@H](C)c2nnc(-c3ccc(F)cc3)o2)s1. The quantitative estimate of drug-likeness (QED) is 0.498. The summed E-state index contributed by atoms with van der Waals surface area (Å²) in [7, 11) is 0. The maximum Gasteiger partial charge on any atom is 0.247 e. The lowest BCUT2D eigenvalue weighted by molar-refractivity contribution is 0.509. The van der Waals surface area contributed by atoms with Crippen molar-refractivity contribution in [3.05, 3.63) is 48.6 Å². The topological polar surface area (TPSA) is 76.7 Å². The zero-order valence-electron chi connectivity index (χ0n) is 12.8. The zero-order valence-corrected chi connectivity index (χ0v) is 14.4. The normalized spacial score (nSPS) is 12.1. The van der Waals surface area contributed by atoms with Crippen molar-refractivity contribution in [2.75, 3.05) is 11.9 Å². The molecule has 0 saturated carbocycles. The fourth-order valence-corrected chi connectivity index (χ4v) is 3.73. The Labute approximate surface area is 146 Å². The number of rotatable bonds is 7. The van der Waals surface area contributed by atoms with Gasteiger partial charge in [0, 0.05) is 12.1 Å². The Bertz CT molecular complexity index is 817. The molecular formula is C15H14FN5OS2. The summed E-state index contributed by atoms with van der Waals surface area (Å²) in [5.41, 5.74) is 0.680. The number of hydrogen-bond acceptors (Lipinski definition) is 8.